The molecule has 0 fully saturated rings. The van der Waals surface area contributed by atoms with Crippen LogP contribution in [0.4, 0.5) is 0 Å². The van der Waals surface area contributed by atoms with Crippen LogP contribution in [0.3, 0.4) is 0 Å². The van der Waals surface area contributed by atoms with Crippen molar-refractivity contribution in [3.8, 4) is 6.07 Å². The molecule has 1 aromatic carbocycles. The van der Waals surface area contributed by atoms with Crippen molar-refractivity contribution in [3.05, 3.63) is 46.3 Å². The van der Waals surface area contributed by atoms with Crippen LogP contribution in [0, 0.1) is 11.3 Å². The van der Waals surface area contributed by atoms with E-state index in [4.69, 9.17) is 9.68 Å². The van der Waals surface area contributed by atoms with Gasteiger partial charge in [-0.15, -0.1) is 0 Å². The molecule has 0 spiro atoms. The van der Waals surface area contributed by atoms with Gasteiger partial charge >= 0.3 is 5.63 Å². The molecule has 0 unspecified atom stereocenters. The number of para-hydroxylation sites is 1. The smallest absolute Gasteiger partial charge is 0.340 e. The number of nitriles is 1. The van der Waals surface area contributed by atoms with Crippen LogP contribution in [0.2, 0.25) is 0 Å². The first-order valence-electron chi connectivity index (χ1n) is 4.20. The molecule has 0 atom stereocenters. The molecule has 2 rings (SSSR count). The summed E-state index contributed by atoms with van der Waals surface area (Å²) in [6, 6.07) is 10.9. The number of benzene rings is 1. The van der Waals surface area contributed by atoms with Gasteiger partial charge in [0.15, 0.2) is 0 Å². The topological polar surface area (TPSA) is 54.0 Å². The zero-order chi connectivity index (χ0) is 9.97. The first kappa shape index (κ1) is 8.52. The minimum Gasteiger partial charge on any atom is -0.423 e. The minimum absolute atomic E-state index is 0.0904. The monoisotopic (exact) mass is 185 g/mol. The van der Waals surface area contributed by atoms with Gasteiger partial charge in [-0.2, -0.15) is 5.26 Å². The molecule has 0 bridgehead atoms. The lowest BCUT2D eigenvalue weighted by Crippen LogP contribution is -2.05. The molecular formula is C11H7NO2. The normalized spacial score (nSPS) is 9.93. The van der Waals surface area contributed by atoms with E-state index in [0.717, 1.165) is 5.39 Å². The number of fused-ring (bicyclic) bond motifs is 1. The van der Waals surface area contributed by atoms with Gasteiger partial charge in [-0.05, 0) is 12.1 Å². The summed E-state index contributed by atoms with van der Waals surface area (Å²) in [5.41, 5.74) is 0.538. The molecule has 0 aliphatic rings. The Morgan fingerprint density at radius 2 is 2.14 bits per heavy atom. The second kappa shape index (κ2) is 3.35. The van der Waals surface area contributed by atoms with Crippen LogP contribution in [0.1, 0.15) is 5.56 Å². The second-order valence-electron chi connectivity index (χ2n) is 2.93. The highest BCUT2D eigenvalue weighted by Gasteiger charge is 2.03. The van der Waals surface area contributed by atoms with Crippen LogP contribution in [0.25, 0.3) is 11.0 Å². The molecule has 0 saturated heterocycles. The Labute approximate surface area is 80.2 Å². The highest BCUT2D eigenvalue weighted by atomic mass is 16.4. The maximum atomic E-state index is 11.3. The fourth-order valence-corrected chi connectivity index (χ4v) is 1.31. The molecule has 1 aromatic heterocycles. The maximum Gasteiger partial charge on any atom is 0.340 e. The van der Waals surface area contributed by atoms with E-state index >= 15 is 0 Å². The van der Waals surface area contributed by atoms with E-state index in [2.05, 4.69) is 0 Å². The van der Waals surface area contributed by atoms with Crippen LogP contribution < -0.4 is 5.63 Å². The standard InChI is InChI=1S/C11H7NO2/c12-6-5-9-7-8-3-1-2-4-10(8)14-11(9)13/h1-4,7H,5H2. The Kier molecular flexibility index (Phi) is 2.04. The van der Waals surface area contributed by atoms with Gasteiger partial charge in [-0.3, -0.25) is 0 Å². The third-order valence-corrected chi connectivity index (χ3v) is 1.98. The molecule has 0 radical (unpaired) electrons. The lowest BCUT2D eigenvalue weighted by Gasteiger charge is -1.97. The third kappa shape index (κ3) is 1.38. The molecular weight excluding hydrogens is 178 g/mol. The lowest BCUT2D eigenvalue weighted by molar-refractivity contribution is 0.553. The number of nitrogens with zero attached hydrogens (tertiary/aromatic N) is 1. The molecule has 68 valence electrons. The van der Waals surface area contributed by atoms with Crippen molar-refractivity contribution in [1.29, 1.82) is 5.26 Å². The van der Waals surface area contributed by atoms with E-state index in [1.807, 2.05) is 18.2 Å². The van der Waals surface area contributed by atoms with Crippen LogP contribution >= 0.6 is 0 Å². The Morgan fingerprint density at radius 1 is 1.36 bits per heavy atom. The Hall–Kier alpha value is -2.08. The Bertz CT molecular complexity index is 563. The maximum absolute atomic E-state index is 11.3. The minimum atomic E-state index is -0.426. The van der Waals surface area contributed by atoms with Gasteiger partial charge in [-0.1, -0.05) is 18.2 Å². The summed E-state index contributed by atoms with van der Waals surface area (Å²) >= 11 is 0. The highest BCUT2D eigenvalue weighted by molar-refractivity contribution is 5.76. The first-order valence-corrected chi connectivity index (χ1v) is 4.20. The predicted octanol–water partition coefficient (Wildman–Crippen LogP) is 1.86. The molecule has 0 saturated carbocycles. The van der Waals surface area contributed by atoms with Crippen molar-refractivity contribution in [2.24, 2.45) is 0 Å². The van der Waals surface area contributed by atoms with Crippen molar-refractivity contribution in [2.45, 2.75) is 6.42 Å². The third-order valence-electron chi connectivity index (χ3n) is 1.98. The van der Waals surface area contributed by atoms with Gasteiger partial charge in [0.2, 0.25) is 0 Å². The van der Waals surface area contributed by atoms with E-state index in [9.17, 15) is 4.79 Å². The molecule has 1 heterocycles. The molecule has 14 heavy (non-hydrogen) atoms. The van der Waals surface area contributed by atoms with Gasteiger partial charge in [0.1, 0.15) is 5.58 Å². The number of hydrogen-bond acceptors (Lipinski definition) is 3. The molecule has 2 aromatic rings. The lowest BCUT2D eigenvalue weighted by atomic mass is 10.1. The average molecular weight is 185 g/mol. The van der Waals surface area contributed by atoms with Crippen molar-refractivity contribution in [2.75, 3.05) is 0 Å². The fourth-order valence-electron chi connectivity index (χ4n) is 1.31. The fraction of sp³-hybridized carbons (Fsp3) is 0.0909. The summed E-state index contributed by atoms with van der Waals surface area (Å²) in [6.07, 6.45) is 0.0904. The first-order chi connectivity index (χ1) is 6.81. The molecule has 0 N–H and O–H groups in total. The largest absolute Gasteiger partial charge is 0.423 e. The zero-order valence-electron chi connectivity index (χ0n) is 7.36. The molecule has 3 heteroatoms. The van der Waals surface area contributed by atoms with Gasteiger partial charge in [0.05, 0.1) is 18.1 Å². The Morgan fingerprint density at radius 3 is 2.93 bits per heavy atom. The Balaban J connectivity index is 2.72. The summed E-state index contributed by atoms with van der Waals surface area (Å²) in [6.45, 7) is 0. The molecule has 3 nitrogen and oxygen atoms in total. The average Bonchev–Trinajstić information content (AvgIpc) is 2.19. The van der Waals surface area contributed by atoms with E-state index in [1.54, 1.807) is 18.2 Å². The van der Waals surface area contributed by atoms with E-state index in [-0.39, 0.29) is 6.42 Å². The van der Waals surface area contributed by atoms with Crippen LogP contribution in [-0.2, 0) is 6.42 Å². The van der Waals surface area contributed by atoms with Crippen LogP contribution in [0.5, 0.6) is 0 Å². The SMILES string of the molecule is N#CCc1cc2ccccc2oc1=O. The van der Waals surface area contributed by atoms with Crippen LogP contribution in [0.15, 0.2) is 39.5 Å². The summed E-state index contributed by atoms with van der Waals surface area (Å²) in [4.78, 5) is 11.3. The molecule has 0 amide bonds. The summed E-state index contributed by atoms with van der Waals surface area (Å²) < 4.78 is 5.04. The van der Waals surface area contributed by atoms with Gasteiger partial charge < -0.3 is 4.42 Å². The number of hydrogen-bond donors (Lipinski definition) is 0. The van der Waals surface area contributed by atoms with Gasteiger partial charge in [0, 0.05) is 5.39 Å². The quantitative estimate of drug-likeness (QED) is 0.637. The summed E-state index contributed by atoms with van der Waals surface area (Å²) in [5.74, 6) is 0. The van der Waals surface area contributed by atoms with Gasteiger partial charge in [0.25, 0.3) is 0 Å². The predicted molar refractivity (Wildman–Crippen MR) is 51.8 cm³/mol. The van der Waals surface area contributed by atoms with Crippen LogP contribution in [-0.4, -0.2) is 0 Å². The van der Waals surface area contributed by atoms with Gasteiger partial charge in [-0.25, -0.2) is 4.79 Å². The van der Waals surface area contributed by atoms with Crippen molar-refractivity contribution in [1.82, 2.24) is 0 Å². The van der Waals surface area contributed by atoms with Crippen molar-refractivity contribution < 1.29 is 4.42 Å². The van der Waals surface area contributed by atoms with Crippen molar-refractivity contribution >= 4 is 11.0 Å². The summed E-state index contributed by atoms with van der Waals surface area (Å²) in [5, 5.41) is 9.33. The van der Waals surface area contributed by atoms with E-state index < -0.39 is 5.63 Å². The molecule has 0 aliphatic heterocycles. The van der Waals surface area contributed by atoms with Crippen molar-refractivity contribution in [3.63, 3.8) is 0 Å². The highest BCUT2D eigenvalue weighted by Crippen LogP contribution is 2.12. The second-order valence-corrected chi connectivity index (χ2v) is 2.93. The molecule has 0 aliphatic carbocycles. The van der Waals surface area contributed by atoms with E-state index in [1.165, 1.54) is 0 Å². The summed E-state index contributed by atoms with van der Waals surface area (Å²) in [7, 11) is 0. The number of rotatable bonds is 1. The zero-order valence-corrected chi connectivity index (χ0v) is 7.36. The van der Waals surface area contributed by atoms with E-state index in [0.29, 0.717) is 11.1 Å².